The zero-order chi connectivity index (χ0) is 14.1. The molecule has 0 saturated heterocycles. The zero-order valence-corrected chi connectivity index (χ0v) is 12.6. The third kappa shape index (κ3) is 2.10. The van der Waals surface area contributed by atoms with Crippen LogP contribution in [0, 0.1) is 0 Å². The predicted molar refractivity (Wildman–Crippen MR) is 83.0 cm³/mol. The van der Waals surface area contributed by atoms with Gasteiger partial charge in [-0.1, -0.05) is 23.9 Å². The fraction of sp³-hybridized carbons (Fsp3) is 0.250. The van der Waals surface area contributed by atoms with Gasteiger partial charge in [-0.05, 0) is 24.3 Å². The van der Waals surface area contributed by atoms with E-state index in [9.17, 15) is 0 Å². The van der Waals surface area contributed by atoms with Gasteiger partial charge in [0.25, 0.3) is 0 Å². The molecule has 0 N–H and O–H groups in total. The maximum atomic E-state index is 5.53. The molecule has 104 valence electrons. The summed E-state index contributed by atoms with van der Waals surface area (Å²) in [6.07, 6.45) is 0. The van der Waals surface area contributed by atoms with Gasteiger partial charge in [0, 0.05) is 23.6 Å². The number of methoxy groups -OCH3 is 2. The Kier molecular flexibility index (Phi) is 3.49. The molecule has 0 saturated carbocycles. The second-order valence-corrected chi connectivity index (χ2v) is 5.78. The van der Waals surface area contributed by atoms with Crippen molar-refractivity contribution in [3.8, 4) is 11.5 Å². The average molecular weight is 287 g/mol. The summed E-state index contributed by atoms with van der Waals surface area (Å²) in [7, 11) is 5.49. The highest BCUT2D eigenvalue weighted by Gasteiger charge is 2.30. The summed E-state index contributed by atoms with van der Waals surface area (Å²) in [6.45, 7) is 0. The van der Waals surface area contributed by atoms with E-state index in [1.165, 1.54) is 10.6 Å². The van der Waals surface area contributed by atoms with E-state index in [2.05, 4.69) is 42.3 Å². The van der Waals surface area contributed by atoms with Crippen molar-refractivity contribution in [1.29, 1.82) is 0 Å². The molecule has 1 unspecified atom stereocenters. The Balaban J connectivity index is 1.99. The van der Waals surface area contributed by atoms with Crippen molar-refractivity contribution in [2.75, 3.05) is 26.2 Å². The molecule has 3 rings (SSSR count). The number of ether oxygens (including phenoxy) is 2. The summed E-state index contributed by atoms with van der Waals surface area (Å²) in [6, 6.07) is 14.5. The molecule has 1 aliphatic heterocycles. The van der Waals surface area contributed by atoms with Crippen molar-refractivity contribution in [3.05, 3.63) is 48.0 Å². The van der Waals surface area contributed by atoms with E-state index in [0.717, 1.165) is 17.1 Å². The van der Waals surface area contributed by atoms with Gasteiger partial charge in [-0.3, -0.25) is 0 Å². The van der Waals surface area contributed by atoms with Gasteiger partial charge in [0.05, 0.1) is 19.9 Å². The molecule has 1 atom stereocenters. The van der Waals surface area contributed by atoms with E-state index in [-0.39, 0.29) is 5.37 Å². The highest BCUT2D eigenvalue weighted by atomic mass is 32.2. The van der Waals surface area contributed by atoms with E-state index in [1.54, 1.807) is 14.2 Å². The second kappa shape index (κ2) is 5.29. The fourth-order valence-corrected chi connectivity index (χ4v) is 3.79. The number of fused-ring (bicyclic) bond motifs is 1. The quantitative estimate of drug-likeness (QED) is 0.852. The fourth-order valence-electron chi connectivity index (χ4n) is 2.47. The van der Waals surface area contributed by atoms with Crippen molar-refractivity contribution in [2.24, 2.45) is 0 Å². The molecular formula is C16H17NO2S. The van der Waals surface area contributed by atoms with Crippen LogP contribution in [-0.2, 0) is 0 Å². The van der Waals surface area contributed by atoms with Crippen LogP contribution < -0.4 is 14.4 Å². The Morgan fingerprint density at radius 1 is 1.05 bits per heavy atom. The lowest BCUT2D eigenvalue weighted by Gasteiger charge is -2.23. The van der Waals surface area contributed by atoms with Crippen molar-refractivity contribution in [2.45, 2.75) is 10.3 Å². The summed E-state index contributed by atoms with van der Waals surface area (Å²) in [4.78, 5) is 3.59. The molecule has 3 nitrogen and oxygen atoms in total. The Hall–Kier alpha value is -1.81. The molecule has 20 heavy (non-hydrogen) atoms. The molecule has 0 fully saturated rings. The number of benzene rings is 2. The van der Waals surface area contributed by atoms with Crippen molar-refractivity contribution in [1.82, 2.24) is 0 Å². The monoisotopic (exact) mass is 287 g/mol. The Morgan fingerprint density at radius 2 is 1.85 bits per heavy atom. The van der Waals surface area contributed by atoms with E-state index in [4.69, 9.17) is 9.47 Å². The first-order valence-electron chi connectivity index (χ1n) is 6.45. The van der Waals surface area contributed by atoms with Crippen molar-refractivity contribution in [3.63, 3.8) is 0 Å². The SMILES string of the molecule is COc1ccc(C2Sc3ccccc3N2C)c(OC)c1. The summed E-state index contributed by atoms with van der Waals surface area (Å²) >= 11 is 1.85. The first kappa shape index (κ1) is 13.2. The highest BCUT2D eigenvalue weighted by Crippen LogP contribution is 2.52. The smallest absolute Gasteiger partial charge is 0.128 e. The van der Waals surface area contributed by atoms with Gasteiger partial charge in [0.1, 0.15) is 16.9 Å². The van der Waals surface area contributed by atoms with Gasteiger partial charge in [0.15, 0.2) is 0 Å². The lowest BCUT2D eigenvalue weighted by molar-refractivity contribution is 0.391. The third-order valence-corrected chi connectivity index (χ3v) is 4.93. The molecular weight excluding hydrogens is 270 g/mol. The van der Waals surface area contributed by atoms with Crippen LogP contribution in [0.4, 0.5) is 5.69 Å². The van der Waals surface area contributed by atoms with Crippen LogP contribution in [0.2, 0.25) is 0 Å². The van der Waals surface area contributed by atoms with E-state index in [1.807, 2.05) is 23.9 Å². The summed E-state index contributed by atoms with van der Waals surface area (Å²) in [5.74, 6) is 1.68. The summed E-state index contributed by atoms with van der Waals surface area (Å²) in [5.41, 5.74) is 2.43. The highest BCUT2D eigenvalue weighted by molar-refractivity contribution is 8.00. The average Bonchev–Trinajstić information content (AvgIpc) is 2.84. The summed E-state index contributed by atoms with van der Waals surface area (Å²) in [5, 5.41) is 0.230. The largest absolute Gasteiger partial charge is 0.497 e. The predicted octanol–water partition coefficient (Wildman–Crippen LogP) is 3.94. The number of hydrogen-bond donors (Lipinski definition) is 0. The third-order valence-electron chi connectivity index (χ3n) is 3.54. The summed E-state index contributed by atoms with van der Waals surface area (Å²) < 4.78 is 10.8. The van der Waals surface area contributed by atoms with Crippen LogP contribution in [0.15, 0.2) is 47.4 Å². The van der Waals surface area contributed by atoms with Gasteiger partial charge in [0.2, 0.25) is 0 Å². The van der Waals surface area contributed by atoms with Crippen LogP contribution in [0.5, 0.6) is 11.5 Å². The first-order chi connectivity index (χ1) is 9.74. The van der Waals surface area contributed by atoms with Gasteiger partial charge in [-0.25, -0.2) is 0 Å². The van der Waals surface area contributed by atoms with Gasteiger partial charge < -0.3 is 14.4 Å². The van der Waals surface area contributed by atoms with Crippen LogP contribution in [0.25, 0.3) is 0 Å². The molecule has 0 spiro atoms. The Labute approximate surface area is 123 Å². The van der Waals surface area contributed by atoms with E-state index >= 15 is 0 Å². The van der Waals surface area contributed by atoms with Crippen molar-refractivity contribution >= 4 is 17.4 Å². The molecule has 2 aromatic rings. The molecule has 4 heteroatoms. The molecule has 1 aliphatic rings. The Bertz CT molecular complexity index is 630. The number of rotatable bonds is 3. The number of hydrogen-bond acceptors (Lipinski definition) is 4. The lowest BCUT2D eigenvalue weighted by Crippen LogP contribution is -2.17. The zero-order valence-electron chi connectivity index (χ0n) is 11.8. The van der Waals surface area contributed by atoms with Crippen LogP contribution >= 0.6 is 11.8 Å². The van der Waals surface area contributed by atoms with E-state index in [0.29, 0.717) is 0 Å². The second-order valence-electron chi connectivity index (χ2n) is 4.66. The normalized spacial score (nSPS) is 16.9. The molecule has 0 radical (unpaired) electrons. The van der Waals surface area contributed by atoms with Crippen molar-refractivity contribution < 1.29 is 9.47 Å². The lowest BCUT2D eigenvalue weighted by atomic mass is 10.1. The minimum atomic E-state index is 0.230. The molecule has 0 aliphatic carbocycles. The van der Waals surface area contributed by atoms with E-state index < -0.39 is 0 Å². The minimum absolute atomic E-state index is 0.230. The molecule has 0 amide bonds. The number of nitrogens with zero attached hydrogens (tertiary/aromatic N) is 1. The maximum absolute atomic E-state index is 5.53. The maximum Gasteiger partial charge on any atom is 0.128 e. The number of anilines is 1. The molecule has 0 aromatic heterocycles. The number of thioether (sulfide) groups is 1. The van der Waals surface area contributed by atoms with Gasteiger partial charge in [-0.15, -0.1) is 0 Å². The van der Waals surface area contributed by atoms with Crippen LogP contribution in [0.3, 0.4) is 0 Å². The van der Waals surface area contributed by atoms with Gasteiger partial charge in [-0.2, -0.15) is 0 Å². The first-order valence-corrected chi connectivity index (χ1v) is 7.33. The number of para-hydroxylation sites is 1. The van der Waals surface area contributed by atoms with Gasteiger partial charge >= 0.3 is 0 Å². The molecule has 2 aromatic carbocycles. The minimum Gasteiger partial charge on any atom is -0.497 e. The topological polar surface area (TPSA) is 21.7 Å². The van der Waals surface area contributed by atoms with Crippen LogP contribution in [-0.4, -0.2) is 21.3 Å². The molecule has 1 heterocycles. The standard InChI is InChI=1S/C16H17NO2S/c1-17-13-6-4-5-7-15(13)20-16(17)12-9-8-11(18-2)10-14(12)19-3/h4-10,16H,1-3H3. The Morgan fingerprint density at radius 3 is 2.55 bits per heavy atom. The van der Waals surface area contributed by atoms with Crippen LogP contribution in [0.1, 0.15) is 10.9 Å². The molecule has 0 bridgehead atoms.